The standard InChI is InChI=1S/C24H22FN3O2S/c1-3-15-27(16-19-9-7-8-12-22(19)25)23(30)14-13-20-17-31-24(26-20)28(18(2)29)21-10-5-4-6-11-21/h3-14,17H,1,15-16H2,2H3. The van der Waals surface area contributed by atoms with E-state index in [0.29, 0.717) is 16.4 Å². The van der Waals surface area contributed by atoms with Crippen molar-refractivity contribution < 1.29 is 14.0 Å². The number of benzene rings is 2. The predicted molar refractivity (Wildman–Crippen MR) is 122 cm³/mol. The molecule has 0 saturated heterocycles. The molecular formula is C24H22FN3O2S. The van der Waals surface area contributed by atoms with Crippen molar-refractivity contribution in [2.24, 2.45) is 0 Å². The number of carbonyl (C=O) groups is 2. The van der Waals surface area contributed by atoms with Crippen molar-refractivity contribution in [3.8, 4) is 0 Å². The third-order valence-corrected chi connectivity index (χ3v) is 5.25. The van der Waals surface area contributed by atoms with E-state index in [1.54, 1.807) is 35.7 Å². The SMILES string of the molecule is C=CCN(Cc1ccccc1F)C(=O)C=Cc1csc(N(C(C)=O)c2ccccc2)n1. The maximum atomic E-state index is 14.0. The summed E-state index contributed by atoms with van der Waals surface area (Å²) in [5.74, 6) is -0.805. The Morgan fingerprint density at radius 2 is 1.84 bits per heavy atom. The summed E-state index contributed by atoms with van der Waals surface area (Å²) in [4.78, 5) is 32.3. The molecule has 1 aromatic heterocycles. The van der Waals surface area contributed by atoms with Crippen LogP contribution in [0.3, 0.4) is 0 Å². The highest BCUT2D eigenvalue weighted by Gasteiger charge is 2.17. The van der Waals surface area contributed by atoms with E-state index in [4.69, 9.17) is 0 Å². The minimum absolute atomic E-state index is 0.135. The van der Waals surface area contributed by atoms with Gasteiger partial charge in [-0.05, 0) is 24.3 Å². The molecule has 31 heavy (non-hydrogen) atoms. The van der Waals surface area contributed by atoms with Crippen molar-refractivity contribution in [2.75, 3.05) is 11.4 Å². The molecule has 5 nitrogen and oxygen atoms in total. The van der Waals surface area contributed by atoms with E-state index in [1.165, 1.54) is 40.2 Å². The highest BCUT2D eigenvalue weighted by atomic mass is 32.1. The molecule has 0 spiro atoms. The molecule has 3 rings (SSSR count). The first-order valence-corrected chi connectivity index (χ1v) is 10.5. The lowest BCUT2D eigenvalue weighted by atomic mass is 10.2. The predicted octanol–water partition coefficient (Wildman–Crippen LogP) is 5.19. The van der Waals surface area contributed by atoms with Crippen LogP contribution in [0.5, 0.6) is 0 Å². The number of hydrogen-bond acceptors (Lipinski definition) is 4. The van der Waals surface area contributed by atoms with E-state index in [0.717, 1.165) is 5.69 Å². The minimum Gasteiger partial charge on any atom is -0.331 e. The summed E-state index contributed by atoms with van der Waals surface area (Å²) in [7, 11) is 0. The summed E-state index contributed by atoms with van der Waals surface area (Å²) in [6.45, 7) is 5.57. The molecule has 7 heteroatoms. The Bertz CT molecular complexity index is 1090. The Balaban J connectivity index is 1.75. The molecule has 0 fully saturated rings. The molecule has 3 aromatic rings. The molecule has 0 atom stereocenters. The summed E-state index contributed by atoms with van der Waals surface area (Å²) in [5, 5.41) is 2.28. The average Bonchev–Trinajstić information content (AvgIpc) is 3.22. The molecule has 0 N–H and O–H groups in total. The second kappa shape index (κ2) is 10.4. The molecule has 1 heterocycles. The molecule has 158 valence electrons. The van der Waals surface area contributed by atoms with Gasteiger partial charge >= 0.3 is 0 Å². The summed E-state index contributed by atoms with van der Waals surface area (Å²) in [5.41, 5.74) is 1.71. The van der Waals surface area contributed by atoms with Crippen molar-refractivity contribution in [2.45, 2.75) is 13.5 Å². The van der Waals surface area contributed by atoms with Crippen LogP contribution in [0.15, 0.2) is 78.7 Å². The minimum atomic E-state index is -0.359. The maximum absolute atomic E-state index is 14.0. The van der Waals surface area contributed by atoms with Gasteiger partial charge in [0, 0.05) is 37.0 Å². The molecule has 0 radical (unpaired) electrons. The molecule has 0 aliphatic heterocycles. The fourth-order valence-corrected chi connectivity index (χ4v) is 3.80. The van der Waals surface area contributed by atoms with Gasteiger partial charge in [-0.1, -0.05) is 42.5 Å². The van der Waals surface area contributed by atoms with Gasteiger partial charge in [-0.2, -0.15) is 0 Å². The lowest BCUT2D eigenvalue weighted by Gasteiger charge is -2.19. The molecule has 0 aliphatic rings. The Morgan fingerprint density at radius 3 is 2.52 bits per heavy atom. The van der Waals surface area contributed by atoms with E-state index >= 15 is 0 Å². The van der Waals surface area contributed by atoms with Crippen molar-refractivity contribution in [3.05, 3.63) is 95.8 Å². The van der Waals surface area contributed by atoms with Crippen molar-refractivity contribution >= 4 is 40.0 Å². The van der Waals surface area contributed by atoms with E-state index in [1.807, 2.05) is 30.3 Å². The number of anilines is 2. The number of hydrogen-bond donors (Lipinski definition) is 0. The van der Waals surface area contributed by atoms with Crippen LogP contribution in [0.2, 0.25) is 0 Å². The van der Waals surface area contributed by atoms with Gasteiger partial charge in [-0.15, -0.1) is 17.9 Å². The fraction of sp³-hybridized carbons (Fsp3) is 0.125. The van der Waals surface area contributed by atoms with Crippen molar-refractivity contribution in [3.63, 3.8) is 0 Å². The zero-order valence-electron chi connectivity index (χ0n) is 17.1. The monoisotopic (exact) mass is 435 g/mol. The van der Waals surface area contributed by atoms with Gasteiger partial charge < -0.3 is 4.90 Å². The molecule has 0 unspecified atom stereocenters. The number of aromatic nitrogens is 1. The second-order valence-corrected chi connectivity index (χ2v) is 7.51. The quantitative estimate of drug-likeness (QED) is 0.361. The van der Waals surface area contributed by atoms with Crippen LogP contribution in [0, 0.1) is 5.82 Å². The number of rotatable bonds is 8. The van der Waals surface area contributed by atoms with Gasteiger partial charge in [0.2, 0.25) is 11.8 Å². The Hall–Kier alpha value is -3.58. The fourth-order valence-electron chi connectivity index (χ4n) is 2.94. The summed E-state index contributed by atoms with van der Waals surface area (Å²) in [6, 6.07) is 15.6. The maximum Gasteiger partial charge on any atom is 0.247 e. The zero-order chi connectivity index (χ0) is 22.2. The number of thiazole rings is 1. The van der Waals surface area contributed by atoms with Crippen LogP contribution >= 0.6 is 11.3 Å². The molecule has 2 aromatic carbocycles. The third-order valence-electron chi connectivity index (χ3n) is 4.41. The smallest absolute Gasteiger partial charge is 0.247 e. The van der Waals surface area contributed by atoms with Crippen LogP contribution in [-0.2, 0) is 16.1 Å². The van der Waals surface area contributed by atoms with E-state index in [2.05, 4.69) is 11.6 Å². The van der Waals surface area contributed by atoms with E-state index in [-0.39, 0.29) is 30.7 Å². The first kappa shape index (κ1) is 22.1. The Morgan fingerprint density at radius 1 is 1.13 bits per heavy atom. The molecule has 0 aliphatic carbocycles. The summed E-state index contributed by atoms with van der Waals surface area (Å²) < 4.78 is 14.0. The number of nitrogens with zero attached hydrogens (tertiary/aromatic N) is 3. The normalized spacial score (nSPS) is 10.8. The first-order valence-electron chi connectivity index (χ1n) is 9.62. The Kier molecular flexibility index (Phi) is 7.45. The van der Waals surface area contributed by atoms with E-state index < -0.39 is 0 Å². The van der Waals surface area contributed by atoms with Crippen LogP contribution in [0.4, 0.5) is 15.2 Å². The van der Waals surface area contributed by atoms with Gasteiger partial charge in [0.1, 0.15) is 5.82 Å². The van der Waals surface area contributed by atoms with Gasteiger partial charge in [0.15, 0.2) is 5.13 Å². The summed E-state index contributed by atoms with van der Waals surface area (Å²) >= 11 is 1.31. The molecular weight excluding hydrogens is 413 g/mol. The van der Waals surface area contributed by atoms with Crippen LogP contribution in [-0.4, -0.2) is 28.2 Å². The van der Waals surface area contributed by atoms with Crippen LogP contribution in [0.1, 0.15) is 18.2 Å². The van der Waals surface area contributed by atoms with Crippen molar-refractivity contribution in [1.29, 1.82) is 0 Å². The Labute approximate surface area is 184 Å². The van der Waals surface area contributed by atoms with Gasteiger partial charge in [-0.3, -0.25) is 14.5 Å². The number of halogens is 1. The topological polar surface area (TPSA) is 53.5 Å². The molecule has 2 amide bonds. The average molecular weight is 436 g/mol. The number of carbonyl (C=O) groups excluding carboxylic acids is 2. The highest BCUT2D eigenvalue weighted by molar-refractivity contribution is 7.14. The lowest BCUT2D eigenvalue weighted by Crippen LogP contribution is -2.29. The van der Waals surface area contributed by atoms with Gasteiger partial charge in [0.25, 0.3) is 0 Å². The number of amides is 2. The highest BCUT2D eigenvalue weighted by Crippen LogP contribution is 2.29. The lowest BCUT2D eigenvalue weighted by molar-refractivity contribution is -0.126. The number of para-hydroxylation sites is 1. The largest absolute Gasteiger partial charge is 0.331 e. The zero-order valence-corrected chi connectivity index (χ0v) is 17.9. The van der Waals surface area contributed by atoms with E-state index in [9.17, 15) is 14.0 Å². The molecule has 0 saturated carbocycles. The summed E-state index contributed by atoms with van der Waals surface area (Å²) in [6.07, 6.45) is 4.57. The first-order chi connectivity index (χ1) is 15.0. The molecule has 0 bridgehead atoms. The van der Waals surface area contributed by atoms with Gasteiger partial charge in [-0.25, -0.2) is 9.37 Å². The van der Waals surface area contributed by atoms with Crippen LogP contribution in [0.25, 0.3) is 6.08 Å². The van der Waals surface area contributed by atoms with Crippen molar-refractivity contribution in [1.82, 2.24) is 9.88 Å². The van der Waals surface area contributed by atoms with Gasteiger partial charge in [0.05, 0.1) is 11.4 Å². The second-order valence-electron chi connectivity index (χ2n) is 6.68. The third kappa shape index (κ3) is 5.73. The van der Waals surface area contributed by atoms with Crippen LogP contribution < -0.4 is 4.90 Å².